The van der Waals surface area contributed by atoms with Gasteiger partial charge in [0.15, 0.2) is 5.78 Å². The van der Waals surface area contributed by atoms with E-state index >= 15 is 0 Å². The fourth-order valence-electron chi connectivity index (χ4n) is 2.15. The minimum atomic E-state index is 0.129. The standard InChI is InChI=1S/C15H21ClO/c1-4-6-12(7-5-2)15(17)13-10-11(3)8-9-14(13)16/h8-10,12H,4-7H2,1-3H3. The molecule has 1 aromatic rings. The second-order valence-electron chi connectivity index (χ2n) is 4.62. The SMILES string of the molecule is CCCC(CCC)C(=O)c1cc(C)ccc1Cl. The lowest BCUT2D eigenvalue weighted by atomic mass is 9.89. The summed E-state index contributed by atoms with van der Waals surface area (Å²) < 4.78 is 0. The van der Waals surface area contributed by atoms with Crippen molar-refractivity contribution >= 4 is 17.4 Å². The Morgan fingerprint density at radius 3 is 2.35 bits per heavy atom. The summed E-state index contributed by atoms with van der Waals surface area (Å²) in [4.78, 5) is 12.4. The summed E-state index contributed by atoms with van der Waals surface area (Å²) in [6.45, 7) is 6.23. The quantitative estimate of drug-likeness (QED) is 0.648. The molecule has 0 aliphatic rings. The van der Waals surface area contributed by atoms with E-state index in [0.29, 0.717) is 10.6 Å². The number of ketones is 1. The van der Waals surface area contributed by atoms with Crippen molar-refractivity contribution in [3.8, 4) is 0 Å². The average Bonchev–Trinajstić information content (AvgIpc) is 2.31. The van der Waals surface area contributed by atoms with E-state index in [1.807, 2.05) is 25.1 Å². The fraction of sp³-hybridized carbons (Fsp3) is 0.533. The zero-order chi connectivity index (χ0) is 12.8. The summed E-state index contributed by atoms with van der Waals surface area (Å²) in [5.74, 6) is 0.340. The zero-order valence-electron chi connectivity index (χ0n) is 10.9. The van der Waals surface area contributed by atoms with Gasteiger partial charge in [0.25, 0.3) is 0 Å². The first-order chi connectivity index (χ1) is 8.10. The number of halogens is 1. The predicted octanol–water partition coefficient (Wildman–Crippen LogP) is 5.05. The highest BCUT2D eigenvalue weighted by atomic mass is 35.5. The van der Waals surface area contributed by atoms with Crippen molar-refractivity contribution in [2.75, 3.05) is 0 Å². The van der Waals surface area contributed by atoms with Crippen molar-refractivity contribution < 1.29 is 4.79 Å². The number of benzene rings is 1. The van der Waals surface area contributed by atoms with Crippen LogP contribution in [0.25, 0.3) is 0 Å². The summed E-state index contributed by atoms with van der Waals surface area (Å²) in [6.07, 6.45) is 3.99. The fourth-order valence-corrected chi connectivity index (χ4v) is 2.36. The van der Waals surface area contributed by atoms with Crippen LogP contribution >= 0.6 is 11.6 Å². The first kappa shape index (κ1) is 14.2. The van der Waals surface area contributed by atoms with Gasteiger partial charge in [-0.1, -0.05) is 49.9 Å². The molecule has 0 bridgehead atoms. The molecule has 0 amide bonds. The smallest absolute Gasteiger partial charge is 0.167 e. The van der Waals surface area contributed by atoms with Gasteiger partial charge in [-0.25, -0.2) is 0 Å². The van der Waals surface area contributed by atoms with Crippen LogP contribution in [0.1, 0.15) is 55.5 Å². The molecule has 0 fully saturated rings. The molecule has 0 spiro atoms. The molecule has 1 aromatic carbocycles. The molecule has 0 heterocycles. The molecule has 94 valence electrons. The Morgan fingerprint density at radius 1 is 1.24 bits per heavy atom. The van der Waals surface area contributed by atoms with E-state index in [-0.39, 0.29) is 11.7 Å². The van der Waals surface area contributed by atoms with Crippen LogP contribution in [0.4, 0.5) is 0 Å². The zero-order valence-corrected chi connectivity index (χ0v) is 11.7. The Hall–Kier alpha value is -0.820. The van der Waals surface area contributed by atoms with Crippen LogP contribution < -0.4 is 0 Å². The van der Waals surface area contributed by atoms with Crippen molar-refractivity contribution in [2.45, 2.75) is 46.5 Å². The monoisotopic (exact) mass is 252 g/mol. The lowest BCUT2D eigenvalue weighted by Gasteiger charge is -2.15. The molecule has 0 saturated heterocycles. The van der Waals surface area contributed by atoms with E-state index < -0.39 is 0 Å². The topological polar surface area (TPSA) is 17.1 Å². The number of carbonyl (C=O) groups excluding carboxylic acids is 1. The first-order valence-corrected chi connectivity index (χ1v) is 6.78. The lowest BCUT2D eigenvalue weighted by Crippen LogP contribution is -2.15. The maximum Gasteiger partial charge on any atom is 0.167 e. The van der Waals surface area contributed by atoms with Crippen LogP contribution in [0.2, 0.25) is 5.02 Å². The summed E-state index contributed by atoms with van der Waals surface area (Å²) in [5, 5.41) is 0.581. The average molecular weight is 253 g/mol. The van der Waals surface area contributed by atoms with Gasteiger partial charge < -0.3 is 0 Å². The second-order valence-corrected chi connectivity index (χ2v) is 5.03. The maximum atomic E-state index is 12.4. The van der Waals surface area contributed by atoms with E-state index in [0.717, 1.165) is 31.2 Å². The number of aryl methyl sites for hydroxylation is 1. The van der Waals surface area contributed by atoms with Gasteiger partial charge in [0.2, 0.25) is 0 Å². The summed E-state index contributed by atoms with van der Waals surface area (Å²) in [6, 6.07) is 5.66. The van der Waals surface area contributed by atoms with Gasteiger partial charge >= 0.3 is 0 Å². The van der Waals surface area contributed by atoms with Gasteiger partial charge in [0.1, 0.15) is 0 Å². The molecule has 0 radical (unpaired) electrons. The maximum absolute atomic E-state index is 12.4. The molecule has 0 aromatic heterocycles. The predicted molar refractivity (Wildman–Crippen MR) is 73.8 cm³/mol. The Balaban J connectivity index is 2.95. The third kappa shape index (κ3) is 3.85. The van der Waals surface area contributed by atoms with Gasteiger partial charge in [-0.3, -0.25) is 4.79 Å². The van der Waals surface area contributed by atoms with Gasteiger partial charge in [0, 0.05) is 11.5 Å². The van der Waals surface area contributed by atoms with Crippen LogP contribution in [0.5, 0.6) is 0 Å². The van der Waals surface area contributed by atoms with E-state index in [2.05, 4.69) is 13.8 Å². The van der Waals surface area contributed by atoms with E-state index in [1.54, 1.807) is 0 Å². The van der Waals surface area contributed by atoms with Crippen LogP contribution in [-0.4, -0.2) is 5.78 Å². The molecule has 0 aliphatic heterocycles. The summed E-state index contributed by atoms with van der Waals surface area (Å²) >= 11 is 6.11. The lowest BCUT2D eigenvalue weighted by molar-refractivity contribution is 0.0905. The van der Waals surface area contributed by atoms with E-state index in [4.69, 9.17) is 11.6 Å². The second kappa shape index (κ2) is 6.80. The minimum Gasteiger partial charge on any atom is -0.294 e. The van der Waals surface area contributed by atoms with Gasteiger partial charge in [-0.2, -0.15) is 0 Å². The Kier molecular flexibility index (Phi) is 5.70. The van der Waals surface area contributed by atoms with Gasteiger partial charge in [0.05, 0.1) is 5.02 Å². The van der Waals surface area contributed by atoms with Gasteiger partial charge in [-0.05, 0) is 31.9 Å². The molecule has 17 heavy (non-hydrogen) atoms. The normalized spacial score (nSPS) is 10.9. The molecule has 1 rings (SSSR count). The molecule has 1 nitrogen and oxygen atoms in total. The number of hydrogen-bond acceptors (Lipinski definition) is 1. The van der Waals surface area contributed by atoms with Crippen LogP contribution in [-0.2, 0) is 0 Å². The van der Waals surface area contributed by atoms with Crippen molar-refractivity contribution in [3.63, 3.8) is 0 Å². The van der Waals surface area contributed by atoms with E-state index in [9.17, 15) is 4.79 Å². The number of Topliss-reactive ketones (excluding diaryl/α,β-unsaturated/α-hetero) is 1. The number of hydrogen-bond donors (Lipinski definition) is 0. The number of carbonyl (C=O) groups is 1. The van der Waals surface area contributed by atoms with Crippen LogP contribution in [0.3, 0.4) is 0 Å². The third-order valence-corrected chi connectivity index (χ3v) is 3.36. The van der Waals surface area contributed by atoms with Crippen LogP contribution in [0, 0.1) is 12.8 Å². The van der Waals surface area contributed by atoms with Gasteiger partial charge in [-0.15, -0.1) is 0 Å². The Labute approximate surface area is 109 Å². The molecule has 0 unspecified atom stereocenters. The first-order valence-electron chi connectivity index (χ1n) is 6.40. The van der Waals surface area contributed by atoms with E-state index in [1.165, 1.54) is 0 Å². The highest BCUT2D eigenvalue weighted by Crippen LogP contribution is 2.25. The number of rotatable bonds is 6. The molecular formula is C15H21ClO. The molecular weight excluding hydrogens is 232 g/mol. The summed E-state index contributed by atoms with van der Waals surface area (Å²) in [7, 11) is 0. The third-order valence-electron chi connectivity index (χ3n) is 3.03. The Morgan fingerprint density at radius 2 is 1.82 bits per heavy atom. The largest absolute Gasteiger partial charge is 0.294 e. The Bertz CT molecular complexity index is 379. The summed E-state index contributed by atoms with van der Waals surface area (Å²) in [5.41, 5.74) is 1.78. The van der Waals surface area contributed by atoms with Crippen molar-refractivity contribution in [1.29, 1.82) is 0 Å². The minimum absolute atomic E-state index is 0.129. The molecule has 0 saturated carbocycles. The van der Waals surface area contributed by atoms with Crippen LogP contribution in [0.15, 0.2) is 18.2 Å². The van der Waals surface area contributed by atoms with Crippen molar-refractivity contribution in [3.05, 3.63) is 34.3 Å². The molecule has 0 aliphatic carbocycles. The molecule has 0 N–H and O–H groups in total. The van der Waals surface area contributed by atoms with Crippen molar-refractivity contribution in [1.82, 2.24) is 0 Å². The molecule has 2 heteroatoms. The highest BCUT2D eigenvalue weighted by Gasteiger charge is 2.20. The molecule has 0 atom stereocenters. The van der Waals surface area contributed by atoms with Crippen molar-refractivity contribution in [2.24, 2.45) is 5.92 Å². The highest BCUT2D eigenvalue weighted by molar-refractivity contribution is 6.34.